The molecule has 0 saturated carbocycles. The van der Waals surface area contributed by atoms with Crippen molar-refractivity contribution in [1.82, 2.24) is 10.7 Å². The number of ether oxygens (including phenoxy) is 1. The summed E-state index contributed by atoms with van der Waals surface area (Å²) >= 11 is 0. The van der Waals surface area contributed by atoms with E-state index < -0.39 is 24.7 Å². The molecule has 0 aliphatic carbocycles. The van der Waals surface area contributed by atoms with Gasteiger partial charge in [0.05, 0.1) is 18.6 Å². The monoisotopic (exact) mass is 330 g/mol. The van der Waals surface area contributed by atoms with Gasteiger partial charge >= 0.3 is 12.1 Å². The molecule has 1 unspecified atom stereocenters. The van der Waals surface area contributed by atoms with Crippen LogP contribution in [0.25, 0.3) is 0 Å². The first-order chi connectivity index (χ1) is 10.9. The van der Waals surface area contributed by atoms with Crippen LogP contribution in [0.3, 0.4) is 0 Å². The van der Waals surface area contributed by atoms with Gasteiger partial charge in [-0.25, -0.2) is 9.59 Å². The van der Waals surface area contributed by atoms with E-state index in [1.54, 1.807) is 12.1 Å². The van der Waals surface area contributed by atoms with E-state index in [2.05, 4.69) is 4.84 Å². The maximum Gasteiger partial charge on any atom is 0.413 e. The van der Waals surface area contributed by atoms with Gasteiger partial charge in [-0.05, 0) is 30.5 Å². The Kier molecular flexibility index (Phi) is 7.94. The molecule has 23 heavy (non-hydrogen) atoms. The lowest BCUT2D eigenvalue weighted by molar-refractivity contribution is -0.492. The molecule has 0 saturated heterocycles. The first-order valence-electron chi connectivity index (χ1n) is 6.64. The van der Waals surface area contributed by atoms with Crippen molar-refractivity contribution in [3.05, 3.63) is 29.8 Å². The third-order valence-electron chi connectivity index (χ3n) is 2.72. The molecule has 10 nitrogen and oxygen atoms in total. The molecule has 1 amide bonds. The van der Waals surface area contributed by atoms with Gasteiger partial charge in [0.2, 0.25) is 0 Å². The summed E-state index contributed by atoms with van der Waals surface area (Å²) in [6, 6.07) is 5.00. The van der Waals surface area contributed by atoms with Crippen LogP contribution in [0.4, 0.5) is 4.79 Å². The summed E-state index contributed by atoms with van der Waals surface area (Å²) in [5.74, 6) is -1.16. The largest absolute Gasteiger partial charge is 0.480 e. The first-order valence-corrected chi connectivity index (χ1v) is 6.64. The Hall–Kier alpha value is -2.24. The summed E-state index contributed by atoms with van der Waals surface area (Å²) < 4.78 is 4.89. The topological polar surface area (TPSA) is 149 Å². The van der Waals surface area contributed by atoms with Gasteiger partial charge in [0, 0.05) is 0 Å². The van der Waals surface area contributed by atoms with Crippen LogP contribution in [0, 0.1) is 0 Å². The molecule has 10 heteroatoms. The maximum atomic E-state index is 11.5. The molecule has 0 fully saturated rings. The minimum atomic E-state index is -1.43. The van der Waals surface area contributed by atoms with E-state index in [1.807, 2.05) is 5.32 Å². The van der Waals surface area contributed by atoms with E-state index in [1.165, 1.54) is 12.1 Å². The predicted molar refractivity (Wildman–Crippen MR) is 73.8 cm³/mol. The van der Waals surface area contributed by atoms with E-state index in [4.69, 9.17) is 25.4 Å². The number of aliphatic hydroxyl groups is 1. The van der Waals surface area contributed by atoms with Crippen molar-refractivity contribution in [3.63, 3.8) is 0 Å². The number of hydrogen-bond acceptors (Lipinski definition) is 8. The number of hydrogen-bond donors (Lipinski definition) is 5. The number of benzene rings is 1. The predicted octanol–water partition coefficient (Wildman–Crippen LogP) is 0.165. The number of carboxylic acids is 1. The summed E-state index contributed by atoms with van der Waals surface area (Å²) in [6.45, 7) is -0.629. The molecule has 0 aromatic heterocycles. The van der Waals surface area contributed by atoms with Crippen LogP contribution in [0.2, 0.25) is 0 Å². The Morgan fingerprint density at radius 3 is 2.39 bits per heavy atom. The Morgan fingerprint density at radius 1 is 1.22 bits per heavy atom. The van der Waals surface area contributed by atoms with Gasteiger partial charge in [0.25, 0.3) is 0 Å². The van der Waals surface area contributed by atoms with Crippen LogP contribution in [0.15, 0.2) is 24.3 Å². The number of rotatable bonds is 9. The fourth-order valence-electron chi connectivity index (χ4n) is 1.61. The molecule has 0 bridgehead atoms. The molecule has 0 aliphatic heterocycles. The van der Waals surface area contributed by atoms with Crippen molar-refractivity contribution >= 4 is 12.1 Å². The van der Waals surface area contributed by atoms with Crippen LogP contribution >= 0.6 is 0 Å². The van der Waals surface area contributed by atoms with Crippen molar-refractivity contribution in [2.24, 2.45) is 0 Å². The molecule has 0 radical (unpaired) electrons. The van der Waals surface area contributed by atoms with E-state index >= 15 is 0 Å². The van der Waals surface area contributed by atoms with Crippen molar-refractivity contribution < 1.29 is 39.8 Å². The molecule has 1 atom stereocenters. The van der Waals surface area contributed by atoms with Crippen LogP contribution in [-0.2, 0) is 16.1 Å². The van der Waals surface area contributed by atoms with Gasteiger partial charge in [0.1, 0.15) is 5.75 Å². The minimum absolute atomic E-state index is 0.116. The second-order valence-electron chi connectivity index (χ2n) is 4.44. The maximum absolute atomic E-state index is 11.5. The lowest BCUT2D eigenvalue weighted by atomic mass is 10.1. The molecule has 1 aromatic rings. The number of aliphatic hydroxyl groups excluding tert-OH is 1. The lowest BCUT2D eigenvalue weighted by Gasteiger charge is -2.12. The van der Waals surface area contributed by atoms with Crippen LogP contribution in [0.5, 0.6) is 5.75 Å². The van der Waals surface area contributed by atoms with E-state index in [9.17, 15) is 9.59 Å². The summed E-state index contributed by atoms with van der Waals surface area (Å²) in [6.07, 6.45) is 0.152. The van der Waals surface area contributed by atoms with Gasteiger partial charge in [-0.2, -0.15) is 0 Å². The zero-order valence-corrected chi connectivity index (χ0v) is 12.1. The highest BCUT2D eigenvalue weighted by Crippen LogP contribution is 2.13. The Bertz CT molecular complexity index is 505. The Morgan fingerprint density at radius 2 is 1.87 bits per heavy atom. The van der Waals surface area contributed by atoms with Gasteiger partial charge in [-0.3, -0.25) is 15.3 Å². The molecule has 0 aliphatic rings. The zero-order chi connectivity index (χ0) is 17.2. The highest BCUT2D eigenvalue weighted by atomic mass is 17.1. The number of nitrogens with zero attached hydrogens (tertiary/aromatic N) is 1. The van der Waals surface area contributed by atoms with Gasteiger partial charge in [-0.1, -0.05) is 12.1 Å². The smallest absolute Gasteiger partial charge is 0.413 e. The van der Waals surface area contributed by atoms with Gasteiger partial charge < -0.3 is 20.3 Å². The van der Waals surface area contributed by atoms with E-state index in [0.29, 0.717) is 12.8 Å². The highest BCUT2D eigenvalue weighted by Gasteiger charge is 2.19. The quantitative estimate of drug-likeness (QED) is 0.315. The summed E-state index contributed by atoms with van der Waals surface area (Å²) in [5.41, 5.74) is 0.905. The van der Waals surface area contributed by atoms with Gasteiger partial charge in [0.15, 0.2) is 6.04 Å². The van der Waals surface area contributed by atoms with Crippen LogP contribution < -0.4 is 10.1 Å². The number of aliphatic carboxylic acids is 1. The Labute approximate surface area is 131 Å². The third kappa shape index (κ3) is 7.54. The van der Waals surface area contributed by atoms with Crippen LogP contribution in [-0.4, -0.2) is 57.3 Å². The molecular formula is C13H18N2O8. The SMILES string of the molecule is O=C(NC(CO)C(=O)O)Oc1ccc(CCCON(O)O)cc1. The molecule has 1 aromatic carbocycles. The number of nitrogens with one attached hydrogen (secondary N) is 1. The first kappa shape index (κ1) is 18.8. The molecule has 0 spiro atoms. The number of carboxylic acid groups (broad SMARTS) is 1. The fraction of sp³-hybridized carbons (Fsp3) is 0.385. The molecule has 0 heterocycles. The van der Waals surface area contributed by atoms with Crippen molar-refractivity contribution in [1.29, 1.82) is 0 Å². The summed E-state index contributed by atoms with van der Waals surface area (Å²) in [5, 5.41) is 35.8. The normalized spacial score (nSPS) is 12.0. The fourth-order valence-corrected chi connectivity index (χ4v) is 1.61. The summed E-state index contributed by atoms with van der Waals surface area (Å²) in [7, 11) is 0. The van der Waals surface area contributed by atoms with Gasteiger partial charge in [-0.15, -0.1) is 0 Å². The number of aryl methyl sites for hydroxylation is 1. The second kappa shape index (κ2) is 9.71. The number of carbonyl (C=O) groups excluding carboxylic acids is 1. The average Bonchev–Trinajstić information content (AvgIpc) is 2.50. The average molecular weight is 330 g/mol. The van der Waals surface area contributed by atoms with Crippen LogP contribution in [0.1, 0.15) is 12.0 Å². The second-order valence-corrected chi connectivity index (χ2v) is 4.44. The molecule has 1 rings (SSSR count). The van der Waals surface area contributed by atoms with Crippen molar-refractivity contribution in [3.8, 4) is 5.75 Å². The third-order valence-corrected chi connectivity index (χ3v) is 2.72. The summed E-state index contributed by atoms with van der Waals surface area (Å²) in [4.78, 5) is 26.5. The lowest BCUT2D eigenvalue weighted by Crippen LogP contribution is -2.44. The Balaban J connectivity index is 2.41. The number of amides is 1. The van der Waals surface area contributed by atoms with E-state index in [0.717, 1.165) is 5.56 Å². The molecule has 128 valence electrons. The van der Waals surface area contributed by atoms with Crippen molar-refractivity contribution in [2.75, 3.05) is 13.2 Å². The van der Waals surface area contributed by atoms with Crippen molar-refractivity contribution in [2.45, 2.75) is 18.9 Å². The zero-order valence-electron chi connectivity index (χ0n) is 12.1. The minimum Gasteiger partial charge on any atom is -0.480 e. The van der Waals surface area contributed by atoms with E-state index in [-0.39, 0.29) is 17.7 Å². The molecule has 5 N–H and O–H groups in total. The highest BCUT2D eigenvalue weighted by molar-refractivity contribution is 5.80. The number of carbonyl (C=O) groups is 2. The molecular weight excluding hydrogens is 312 g/mol. The standard InChI is InChI=1S/C13H18N2O8/c16-8-11(12(17)18)14-13(19)23-10-5-3-9(4-6-10)2-1-7-22-15(20)21/h3-6,11,16,20-21H,1-2,7-8H2,(H,14,19)(H,17,18).